The van der Waals surface area contributed by atoms with Crippen molar-refractivity contribution in [3.63, 3.8) is 0 Å². The van der Waals surface area contributed by atoms with Crippen molar-refractivity contribution in [3.8, 4) is 0 Å². The number of hydrogen-bond donors (Lipinski definition) is 2. The average molecular weight is 404 g/mol. The van der Waals surface area contributed by atoms with Gasteiger partial charge in [-0.05, 0) is 52.7 Å². The Balaban J connectivity index is 1.92. The molecule has 0 aliphatic heterocycles. The Morgan fingerprint density at radius 3 is 2.74 bits per heavy atom. The Bertz CT molecular complexity index is 598. The number of amides is 1. The topological polar surface area (TPSA) is 55.1 Å². The highest BCUT2D eigenvalue weighted by Crippen LogP contribution is 2.22. The van der Waals surface area contributed by atoms with Crippen LogP contribution in [-0.2, 0) is 6.42 Å². The Labute approximate surface area is 132 Å². The van der Waals surface area contributed by atoms with E-state index in [4.69, 9.17) is 5.73 Å². The third-order valence-corrected chi connectivity index (χ3v) is 4.72. The molecule has 0 aliphatic rings. The standard InChI is InChI=1S/C13H12Br2N2OS/c14-8-1-3-11(16)10(7-8)13(18)17-6-5-9-2-4-12(15)19-9/h1-4,7H,5-6,16H2,(H,17,18). The fourth-order valence-corrected chi connectivity index (χ4v) is 3.45. The van der Waals surface area contributed by atoms with E-state index in [1.165, 1.54) is 4.88 Å². The normalized spacial score (nSPS) is 10.4. The summed E-state index contributed by atoms with van der Waals surface area (Å²) in [5.41, 5.74) is 6.78. The lowest BCUT2D eigenvalue weighted by Crippen LogP contribution is -2.26. The molecule has 0 unspecified atom stereocenters. The van der Waals surface area contributed by atoms with E-state index in [0.717, 1.165) is 14.7 Å². The molecule has 3 N–H and O–H groups in total. The van der Waals surface area contributed by atoms with Gasteiger partial charge in [0.05, 0.1) is 9.35 Å². The fraction of sp³-hybridized carbons (Fsp3) is 0.154. The van der Waals surface area contributed by atoms with Gasteiger partial charge in [0.15, 0.2) is 0 Å². The molecular formula is C13H12Br2N2OS. The van der Waals surface area contributed by atoms with Crippen LogP contribution in [0.15, 0.2) is 38.6 Å². The lowest BCUT2D eigenvalue weighted by molar-refractivity contribution is 0.0955. The maximum Gasteiger partial charge on any atom is 0.253 e. The number of nitrogen functional groups attached to an aromatic ring is 1. The molecule has 1 amide bonds. The predicted molar refractivity (Wildman–Crippen MR) is 86.6 cm³/mol. The summed E-state index contributed by atoms with van der Waals surface area (Å²) >= 11 is 8.42. The van der Waals surface area contributed by atoms with Crippen molar-refractivity contribution < 1.29 is 4.79 Å². The molecule has 0 atom stereocenters. The summed E-state index contributed by atoms with van der Waals surface area (Å²) in [5, 5.41) is 2.88. The van der Waals surface area contributed by atoms with E-state index < -0.39 is 0 Å². The van der Waals surface area contributed by atoms with Crippen LogP contribution >= 0.6 is 43.2 Å². The Kier molecular flexibility index (Phi) is 5.01. The minimum absolute atomic E-state index is 0.144. The molecule has 2 aromatic rings. The van der Waals surface area contributed by atoms with E-state index in [2.05, 4.69) is 37.2 Å². The van der Waals surface area contributed by atoms with E-state index in [1.54, 1.807) is 23.5 Å². The molecule has 100 valence electrons. The highest BCUT2D eigenvalue weighted by atomic mass is 79.9. The van der Waals surface area contributed by atoms with Gasteiger partial charge in [-0.3, -0.25) is 4.79 Å². The minimum atomic E-state index is -0.144. The van der Waals surface area contributed by atoms with Crippen LogP contribution in [0.3, 0.4) is 0 Å². The van der Waals surface area contributed by atoms with Crippen molar-refractivity contribution in [1.29, 1.82) is 0 Å². The number of nitrogens with two attached hydrogens (primary N) is 1. The zero-order valence-corrected chi connectivity index (χ0v) is 13.9. The zero-order valence-electron chi connectivity index (χ0n) is 9.95. The predicted octanol–water partition coefficient (Wildman–Crippen LogP) is 3.83. The molecule has 0 saturated heterocycles. The average Bonchev–Trinajstić information content (AvgIpc) is 2.78. The van der Waals surface area contributed by atoms with Crippen molar-refractivity contribution in [2.75, 3.05) is 12.3 Å². The molecule has 0 saturated carbocycles. The van der Waals surface area contributed by atoms with Gasteiger partial charge in [0.25, 0.3) is 5.91 Å². The summed E-state index contributed by atoms with van der Waals surface area (Å²) in [6.07, 6.45) is 0.815. The molecule has 0 fully saturated rings. The number of rotatable bonds is 4. The first-order valence-electron chi connectivity index (χ1n) is 5.63. The van der Waals surface area contributed by atoms with Gasteiger partial charge in [0.1, 0.15) is 0 Å². The summed E-state index contributed by atoms with van der Waals surface area (Å²) in [6.45, 7) is 0.595. The molecule has 0 aliphatic carbocycles. The van der Waals surface area contributed by atoms with Crippen LogP contribution in [0, 0.1) is 0 Å². The summed E-state index contributed by atoms with van der Waals surface area (Å²) < 4.78 is 1.94. The molecule has 1 heterocycles. The van der Waals surface area contributed by atoms with Crippen LogP contribution in [-0.4, -0.2) is 12.5 Å². The summed E-state index contributed by atoms with van der Waals surface area (Å²) in [5.74, 6) is -0.144. The van der Waals surface area contributed by atoms with Crippen molar-refractivity contribution in [2.45, 2.75) is 6.42 Å². The van der Waals surface area contributed by atoms with E-state index in [-0.39, 0.29) is 5.91 Å². The van der Waals surface area contributed by atoms with Crippen LogP contribution in [0.1, 0.15) is 15.2 Å². The Morgan fingerprint density at radius 1 is 1.26 bits per heavy atom. The molecule has 3 nitrogen and oxygen atoms in total. The van der Waals surface area contributed by atoms with Crippen LogP contribution in [0.2, 0.25) is 0 Å². The molecule has 0 bridgehead atoms. The van der Waals surface area contributed by atoms with Crippen LogP contribution in [0.5, 0.6) is 0 Å². The lowest BCUT2D eigenvalue weighted by atomic mass is 10.1. The highest BCUT2D eigenvalue weighted by molar-refractivity contribution is 9.11. The Hall–Kier alpha value is -0.850. The molecule has 1 aromatic heterocycles. The lowest BCUT2D eigenvalue weighted by Gasteiger charge is -2.07. The van der Waals surface area contributed by atoms with Gasteiger partial charge in [-0.2, -0.15) is 0 Å². The van der Waals surface area contributed by atoms with E-state index in [0.29, 0.717) is 17.8 Å². The monoisotopic (exact) mass is 402 g/mol. The number of nitrogens with one attached hydrogen (secondary N) is 1. The number of carbonyl (C=O) groups is 1. The number of benzene rings is 1. The summed E-state index contributed by atoms with van der Waals surface area (Å²) in [4.78, 5) is 13.2. The van der Waals surface area contributed by atoms with E-state index >= 15 is 0 Å². The van der Waals surface area contributed by atoms with E-state index in [9.17, 15) is 4.79 Å². The number of hydrogen-bond acceptors (Lipinski definition) is 3. The number of halogens is 2. The maximum atomic E-state index is 12.0. The molecular weight excluding hydrogens is 392 g/mol. The first kappa shape index (κ1) is 14.6. The third kappa shape index (κ3) is 4.06. The van der Waals surface area contributed by atoms with Gasteiger partial charge in [-0.25, -0.2) is 0 Å². The second kappa shape index (κ2) is 6.54. The summed E-state index contributed by atoms with van der Waals surface area (Å²) in [6, 6.07) is 9.32. The largest absolute Gasteiger partial charge is 0.398 e. The number of thiophene rings is 1. The van der Waals surface area contributed by atoms with Crippen molar-refractivity contribution >= 4 is 54.8 Å². The fourth-order valence-electron chi connectivity index (χ4n) is 1.61. The maximum absolute atomic E-state index is 12.0. The molecule has 1 aromatic carbocycles. The van der Waals surface area contributed by atoms with Gasteiger partial charge in [-0.15, -0.1) is 11.3 Å². The molecule has 2 rings (SSSR count). The first-order valence-corrected chi connectivity index (χ1v) is 8.04. The van der Waals surface area contributed by atoms with Gasteiger partial charge in [0.2, 0.25) is 0 Å². The smallest absolute Gasteiger partial charge is 0.253 e. The van der Waals surface area contributed by atoms with Gasteiger partial charge in [0, 0.05) is 21.6 Å². The number of anilines is 1. The molecule has 6 heteroatoms. The van der Waals surface area contributed by atoms with Crippen molar-refractivity contribution in [1.82, 2.24) is 5.32 Å². The second-order valence-corrected chi connectivity index (χ2v) is 7.41. The third-order valence-electron chi connectivity index (χ3n) is 2.55. The van der Waals surface area contributed by atoms with Crippen LogP contribution in [0.25, 0.3) is 0 Å². The zero-order chi connectivity index (χ0) is 13.8. The SMILES string of the molecule is Nc1ccc(Br)cc1C(=O)NCCc1ccc(Br)s1. The summed E-state index contributed by atoms with van der Waals surface area (Å²) in [7, 11) is 0. The molecule has 0 radical (unpaired) electrons. The van der Waals surface area contributed by atoms with Crippen molar-refractivity contribution in [2.24, 2.45) is 0 Å². The second-order valence-electron chi connectivity index (χ2n) is 3.94. The van der Waals surface area contributed by atoms with Gasteiger partial charge < -0.3 is 11.1 Å². The minimum Gasteiger partial charge on any atom is -0.398 e. The van der Waals surface area contributed by atoms with E-state index in [1.807, 2.05) is 18.2 Å². The molecule has 0 spiro atoms. The van der Waals surface area contributed by atoms with Crippen LogP contribution < -0.4 is 11.1 Å². The molecule has 19 heavy (non-hydrogen) atoms. The Morgan fingerprint density at radius 2 is 2.05 bits per heavy atom. The first-order chi connectivity index (χ1) is 9.06. The van der Waals surface area contributed by atoms with Gasteiger partial charge in [-0.1, -0.05) is 15.9 Å². The van der Waals surface area contributed by atoms with Gasteiger partial charge >= 0.3 is 0 Å². The quantitative estimate of drug-likeness (QED) is 0.762. The highest BCUT2D eigenvalue weighted by Gasteiger charge is 2.09. The van der Waals surface area contributed by atoms with Crippen molar-refractivity contribution in [3.05, 3.63) is 49.0 Å². The number of carbonyl (C=O) groups excluding carboxylic acids is 1. The van der Waals surface area contributed by atoms with Crippen LogP contribution in [0.4, 0.5) is 5.69 Å².